The zero-order valence-electron chi connectivity index (χ0n) is 12.5. The maximum Gasteiger partial charge on any atom is 0.0359 e. The lowest BCUT2D eigenvalue weighted by atomic mass is 9.73. The van der Waals surface area contributed by atoms with Crippen LogP contribution in [-0.2, 0) is 6.42 Å². The highest BCUT2D eigenvalue weighted by Gasteiger charge is 2.46. The van der Waals surface area contributed by atoms with Gasteiger partial charge in [-0.3, -0.25) is 0 Å². The number of benzene rings is 1. The molecule has 1 aliphatic carbocycles. The van der Waals surface area contributed by atoms with Crippen LogP contribution in [-0.4, -0.2) is 24.5 Å². The highest BCUT2D eigenvalue weighted by Crippen LogP contribution is 2.52. The molecule has 1 unspecified atom stereocenters. The van der Waals surface area contributed by atoms with E-state index in [1.54, 1.807) is 0 Å². The van der Waals surface area contributed by atoms with E-state index in [-0.39, 0.29) is 6.04 Å². The van der Waals surface area contributed by atoms with Crippen molar-refractivity contribution in [2.75, 3.05) is 19.6 Å². The van der Waals surface area contributed by atoms with Gasteiger partial charge in [-0.15, -0.1) is 0 Å². The van der Waals surface area contributed by atoms with Gasteiger partial charge in [-0.2, -0.15) is 0 Å². The summed E-state index contributed by atoms with van der Waals surface area (Å²) in [5.41, 5.74) is 9.77. The molecule has 1 fully saturated rings. The van der Waals surface area contributed by atoms with Gasteiger partial charge in [0.15, 0.2) is 0 Å². The number of nitrogens with zero attached hydrogens (tertiary/aromatic N) is 1. The summed E-state index contributed by atoms with van der Waals surface area (Å²) in [4.78, 5) is 2.61. The number of hydrogen-bond acceptors (Lipinski definition) is 2. The molecule has 2 N–H and O–H groups in total. The summed E-state index contributed by atoms with van der Waals surface area (Å²) in [5, 5.41) is 0. The summed E-state index contributed by atoms with van der Waals surface area (Å²) in [6.45, 7) is 8.24. The zero-order valence-corrected chi connectivity index (χ0v) is 14.1. The van der Waals surface area contributed by atoms with E-state index in [0.29, 0.717) is 5.41 Å². The highest BCUT2D eigenvalue weighted by atomic mass is 79.9. The molecule has 110 valence electrons. The molecule has 3 heteroatoms. The third-order valence-electron chi connectivity index (χ3n) is 5.15. The van der Waals surface area contributed by atoms with Gasteiger partial charge in [-0.1, -0.05) is 41.9 Å². The standard InChI is InChI=1S/C17H25BrN2/c1-12(2)11-20-8-6-17(7-9-20)10-14-13(16(17)19)4-3-5-15(14)18/h3-5,12,16H,6-11,19H2,1-2H3. The van der Waals surface area contributed by atoms with E-state index in [9.17, 15) is 0 Å². The van der Waals surface area contributed by atoms with Gasteiger partial charge in [-0.25, -0.2) is 0 Å². The third kappa shape index (κ3) is 2.44. The Morgan fingerprint density at radius 2 is 2.05 bits per heavy atom. The van der Waals surface area contributed by atoms with Crippen LogP contribution >= 0.6 is 15.9 Å². The highest BCUT2D eigenvalue weighted by molar-refractivity contribution is 9.10. The predicted octanol–water partition coefficient (Wildman–Crippen LogP) is 3.74. The van der Waals surface area contributed by atoms with Crippen molar-refractivity contribution < 1.29 is 0 Å². The first-order valence-electron chi connectivity index (χ1n) is 7.77. The Hall–Kier alpha value is -0.380. The number of hydrogen-bond donors (Lipinski definition) is 1. The summed E-state index contributed by atoms with van der Waals surface area (Å²) < 4.78 is 1.24. The molecule has 1 aromatic carbocycles. The quantitative estimate of drug-likeness (QED) is 0.891. The van der Waals surface area contributed by atoms with Crippen LogP contribution in [0.1, 0.15) is 43.9 Å². The van der Waals surface area contributed by atoms with E-state index in [4.69, 9.17) is 5.73 Å². The second-order valence-electron chi connectivity index (χ2n) is 7.02. The van der Waals surface area contributed by atoms with Crippen LogP contribution in [0.25, 0.3) is 0 Å². The number of rotatable bonds is 2. The van der Waals surface area contributed by atoms with Gasteiger partial charge in [0.1, 0.15) is 0 Å². The second kappa shape index (κ2) is 5.43. The lowest BCUT2D eigenvalue weighted by Crippen LogP contribution is -2.45. The van der Waals surface area contributed by atoms with E-state index >= 15 is 0 Å². The number of nitrogens with two attached hydrogens (primary N) is 1. The van der Waals surface area contributed by atoms with Gasteiger partial charge < -0.3 is 10.6 Å². The molecule has 1 spiro atoms. The summed E-state index contributed by atoms with van der Waals surface area (Å²) in [6.07, 6.45) is 3.63. The molecule has 2 aliphatic rings. The summed E-state index contributed by atoms with van der Waals surface area (Å²) >= 11 is 3.70. The molecular weight excluding hydrogens is 312 g/mol. The van der Waals surface area contributed by atoms with Crippen molar-refractivity contribution in [1.29, 1.82) is 0 Å². The van der Waals surface area contributed by atoms with Crippen LogP contribution < -0.4 is 5.73 Å². The van der Waals surface area contributed by atoms with E-state index in [0.717, 1.165) is 12.3 Å². The van der Waals surface area contributed by atoms with Gasteiger partial charge in [0.2, 0.25) is 0 Å². The molecule has 1 atom stereocenters. The monoisotopic (exact) mass is 336 g/mol. The van der Waals surface area contributed by atoms with Crippen molar-refractivity contribution >= 4 is 15.9 Å². The van der Waals surface area contributed by atoms with Crippen LogP contribution in [0.15, 0.2) is 22.7 Å². The molecular formula is C17H25BrN2. The maximum absolute atomic E-state index is 6.63. The lowest BCUT2D eigenvalue weighted by Gasteiger charge is -2.42. The van der Waals surface area contributed by atoms with Crippen molar-refractivity contribution in [3.63, 3.8) is 0 Å². The Morgan fingerprint density at radius 3 is 2.65 bits per heavy atom. The van der Waals surface area contributed by atoms with Crippen molar-refractivity contribution in [3.8, 4) is 0 Å². The largest absolute Gasteiger partial charge is 0.323 e. The Balaban J connectivity index is 1.76. The van der Waals surface area contributed by atoms with Crippen LogP contribution in [0.4, 0.5) is 0 Å². The first-order chi connectivity index (χ1) is 9.52. The van der Waals surface area contributed by atoms with Crippen molar-refractivity contribution in [2.24, 2.45) is 17.1 Å². The normalized spacial score (nSPS) is 25.4. The first kappa shape index (κ1) is 14.6. The summed E-state index contributed by atoms with van der Waals surface area (Å²) in [6, 6.07) is 6.71. The summed E-state index contributed by atoms with van der Waals surface area (Å²) in [5.74, 6) is 0.757. The molecule has 0 amide bonds. The number of halogens is 1. The molecule has 1 aliphatic heterocycles. The Morgan fingerprint density at radius 1 is 1.35 bits per heavy atom. The molecule has 1 heterocycles. The fourth-order valence-corrected chi connectivity index (χ4v) is 4.55. The van der Waals surface area contributed by atoms with Gasteiger partial charge in [-0.05, 0) is 60.9 Å². The van der Waals surface area contributed by atoms with Crippen LogP contribution in [0.2, 0.25) is 0 Å². The number of fused-ring (bicyclic) bond motifs is 1. The molecule has 0 aromatic heterocycles. The second-order valence-corrected chi connectivity index (χ2v) is 7.87. The van der Waals surface area contributed by atoms with Crippen molar-refractivity contribution in [3.05, 3.63) is 33.8 Å². The van der Waals surface area contributed by atoms with Crippen LogP contribution in [0.3, 0.4) is 0 Å². The predicted molar refractivity (Wildman–Crippen MR) is 87.7 cm³/mol. The van der Waals surface area contributed by atoms with Gasteiger partial charge in [0, 0.05) is 17.1 Å². The molecule has 0 saturated carbocycles. The molecule has 1 saturated heterocycles. The van der Waals surface area contributed by atoms with Crippen molar-refractivity contribution in [2.45, 2.75) is 39.2 Å². The van der Waals surface area contributed by atoms with E-state index in [1.807, 2.05) is 0 Å². The molecule has 2 nitrogen and oxygen atoms in total. The topological polar surface area (TPSA) is 29.3 Å². The molecule has 1 aromatic rings. The molecule has 3 rings (SSSR count). The Bertz CT molecular complexity index is 490. The average molecular weight is 337 g/mol. The van der Waals surface area contributed by atoms with E-state index < -0.39 is 0 Å². The SMILES string of the molecule is CC(C)CN1CCC2(CC1)Cc1c(Br)cccc1C2N. The fraction of sp³-hybridized carbons (Fsp3) is 0.647. The maximum atomic E-state index is 6.63. The molecule has 20 heavy (non-hydrogen) atoms. The fourth-order valence-electron chi connectivity index (χ4n) is 4.03. The number of likely N-dealkylation sites (tertiary alicyclic amines) is 1. The molecule has 0 radical (unpaired) electrons. The Kier molecular flexibility index (Phi) is 3.95. The Labute approximate surface area is 130 Å². The van der Waals surface area contributed by atoms with Gasteiger partial charge >= 0.3 is 0 Å². The van der Waals surface area contributed by atoms with Gasteiger partial charge in [0.05, 0.1) is 0 Å². The minimum atomic E-state index is 0.219. The minimum Gasteiger partial charge on any atom is -0.323 e. The van der Waals surface area contributed by atoms with Crippen molar-refractivity contribution in [1.82, 2.24) is 4.90 Å². The number of piperidine rings is 1. The van der Waals surface area contributed by atoms with Crippen LogP contribution in [0, 0.1) is 11.3 Å². The molecule has 0 bridgehead atoms. The lowest BCUT2D eigenvalue weighted by molar-refractivity contribution is 0.0822. The van der Waals surface area contributed by atoms with Crippen LogP contribution in [0.5, 0.6) is 0 Å². The van der Waals surface area contributed by atoms with E-state index in [1.165, 1.54) is 48.1 Å². The van der Waals surface area contributed by atoms with E-state index in [2.05, 4.69) is 52.9 Å². The third-order valence-corrected chi connectivity index (χ3v) is 5.90. The van der Waals surface area contributed by atoms with Gasteiger partial charge in [0.25, 0.3) is 0 Å². The zero-order chi connectivity index (χ0) is 14.3. The summed E-state index contributed by atoms with van der Waals surface area (Å²) in [7, 11) is 0. The minimum absolute atomic E-state index is 0.219. The first-order valence-corrected chi connectivity index (χ1v) is 8.56. The average Bonchev–Trinajstić information content (AvgIpc) is 2.68. The smallest absolute Gasteiger partial charge is 0.0359 e.